The van der Waals surface area contributed by atoms with Crippen LogP contribution < -0.4 is 11.1 Å². The molecule has 0 radical (unpaired) electrons. The van der Waals surface area contributed by atoms with Crippen LogP contribution in [-0.2, 0) is 26.9 Å². The van der Waals surface area contributed by atoms with Gasteiger partial charge in [-0.1, -0.05) is 62.7 Å². The van der Waals surface area contributed by atoms with Gasteiger partial charge in [0.2, 0.25) is 0 Å². The Morgan fingerprint density at radius 3 is 1.56 bits per heavy atom. The number of Topliss-reactive ketones (excluding diaryl/α,β-unsaturated/α-hetero) is 2. The van der Waals surface area contributed by atoms with Crippen molar-refractivity contribution in [2.75, 3.05) is 25.6 Å². The second-order valence-electron chi connectivity index (χ2n) is 13.4. The number of hydrogen-bond acceptors (Lipinski definition) is 11. The predicted octanol–water partition coefficient (Wildman–Crippen LogP) is 7.90. The molecule has 11 nitrogen and oxygen atoms in total. The normalized spacial score (nSPS) is 10.9. The minimum absolute atomic E-state index is 0. The third-order valence-electron chi connectivity index (χ3n) is 7.44. The van der Waals surface area contributed by atoms with Gasteiger partial charge >= 0.3 is 5.97 Å². The number of nitrogens with one attached hydrogen (secondary N) is 1. The molecule has 0 aromatic carbocycles. The molecule has 0 spiro atoms. The first kappa shape index (κ1) is 48.5. The summed E-state index contributed by atoms with van der Waals surface area (Å²) in [6.07, 6.45) is 7.95. The van der Waals surface area contributed by atoms with Crippen LogP contribution in [0.15, 0.2) is 60.9 Å². The van der Waals surface area contributed by atoms with Crippen molar-refractivity contribution < 1.29 is 24.3 Å². The molecule has 0 bridgehead atoms. The second kappa shape index (κ2) is 22.8. The molecule has 0 aliphatic heterocycles. The fourth-order valence-electron chi connectivity index (χ4n) is 4.74. The highest BCUT2D eigenvalue weighted by molar-refractivity contribution is 8.77. The molecule has 1 amide bonds. The minimum Gasteiger partial charge on any atom is -0.477 e. The summed E-state index contributed by atoms with van der Waals surface area (Å²) in [6, 6.07) is 14.0. The van der Waals surface area contributed by atoms with E-state index in [9.17, 15) is 19.2 Å². The van der Waals surface area contributed by atoms with Gasteiger partial charge in [0, 0.05) is 73.3 Å². The number of carboxylic acid groups (broad SMARTS) is 1. The number of aryl methyl sites for hydroxylation is 4. The summed E-state index contributed by atoms with van der Waals surface area (Å²) in [4.78, 5) is 56.3. The van der Waals surface area contributed by atoms with Crippen LogP contribution in [0.25, 0.3) is 0 Å². The van der Waals surface area contributed by atoms with E-state index < -0.39 is 5.97 Å². The number of nitrogens with two attached hydrogens (primary N) is 1. The van der Waals surface area contributed by atoms with Gasteiger partial charge in [0.15, 0.2) is 11.6 Å². The van der Waals surface area contributed by atoms with Gasteiger partial charge in [-0.3, -0.25) is 24.4 Å². The lowest BCUT2D eigenvalue weighted by molar-refractivity contribution is 0.0685. The SMILES string of the molecule is C.CSSC(C)(C)CN.CSSC(C)(C)CNC(=O)c1cc(CC(=O)c2cccc(C)n2)cn1C.Cc1cccc(C(=O)Cc2cc(C(=O)O)n(C)c2)n1. The third-order valence-corrected chi connectivity index (χ3v) is 12.7. The van der Waals surface area contributed by atoms with Crippen LogP contribution in [0.4, 0.5) is 0 Å². The van der Waals surface area contributed by atoms with Crippen LogP contribution in [0.5, 0.6) is 0 Å². The molecule has 0 saturated carbocycles. The number of amides is 1. The van der Waals surface area contributed by atoms with E-state index in [-0.39, 0.29) is 52.9 Å². The maximum absolute atomic E-state index is 12.5. The van der Waals surface area contributed by atoms with Gasteiger partial charge in [-0.2, -0.15) is 0 Å². The molecule has 15 heteroatoms. The summed E-state index contributed by atoms with van der Waals surface area (Å²) in [7, 11) is 10.5. The Hall–Kier alpha value is -3.50. The maximum atomic E-state index is 12.5. The minimum atomic E-state index is -1.00. The van der Waals surface area contributed by atoms with E-state index in [2.05, 4.69) is 49.2 Å². The molecule has 0 aliphatic rings. The summed E-state index contributed by atoms with van der Waals surface area (Å²) in [5.74, 6) is -1.31. The molecule has 54 heavy (non-hydrogen) atoms. The summed E-state index contributed by atoms with van der Waals surface area (Å²) in [5, 5.41) is 11.9. The highest BCUT2D eigenvalue weighted by Crippen LogP contribution is 2.33. The van der Waals surface area contributed by atoms with Gasteiger partial charge in [-0.25, -0.2) is 4.79 Å². The number of aromatic nitrogens is 4. The zero-order valence-electron chi connectivity index (χ0n) is 32.2. The summed E-state index contributed by atoms with van der Waals surface area (Å²) in [6.45, 7) is 13.5. The van der Waals surface area contributed by atoms with E-state index in [1.807, 2.05) is 62.3 Å². The average molecular weight is 817 g/mol. The highest BCUT2D eigenvalue weighted by atomic mass is 33.1. The molecule has 0 saturated heterocycles. The predicted molar refractivity (Wildman–Crippen MR) is 230 cm³/mol. The van der Waals surface area contributed by atoms with Crippen molar-refractivity contribution in [1.29, 1.82) is 0 Å². The Bertz CT molecular complexity index is 1850. The first-order chi connectivity index (χ1) is 24.8. The van der Waals surface area contributed by atoms with Gasteiger partial charge in [0.05, 0.1) is 0 Å². The number of hydrogen-bond donors (Lipinski definition) is 3. The Morgan fingerprint density at radius 2 is 1.19 bits per heavy atom. The fourth-order valence-corrected chi connectivity index (χ4v) is 8.93. The molecule has 0 atom stereocenters. The number of nitrogens with zero attached hydrogens (tertiary/aromatic N) is 4. The third kappa shape index (κ3) is 16.5. The van der Waals surface area contributed by atoms with Crippen LogP contribution in [0.3, 0.4) is 0 Å². The number of aromatic carboxylic acids is 1. The van der Waals surface area contributed by atoms with Crippen LogP contribution in [0, 0.1) is 13.8 Å². The van der Waals surface area contributed by atoms with E-state index >= 15 is 0 Å². The molecule has 4 heterocycles. The lowest BCUT2D eigenvalue weighted by Gasteiger charge is -2.22. The quantitative estimate of drug-likeness (QED) is 0.0787. The van der Waals surface area contributed by atoms with Crippen molar-refractivity contribution in [3.63, 3.8) is 0 Å². The van der Waals surface area contributed by atoms with Crippen LogP contribution in [0.2, 0.25) is 0 Å². The van der Waals surface area contributed by atoms with Crippen LogP contribution >= 0.6 is 43.2 Å². The van der Waals surface area contributed by atoms with Gasteiger partial charge in [0.25, 0.3) is 5.91 Å². The molecule has 4 aromatic rings. The standard InChI is InChI=1S/C19H25N3O2S2.C14H14N2O3.C5H13NS2.CH4/c1-13-7-6-8-15(21-13)17(23)10-14-9-16(22(4)11-14)18(24)20-12-19(2,3)26-25-5;1-9-4-3-5-11(15-9)13(17)7-10-6-12(14(18)19)16(2)8-10;1-5(2,4-6)8-7-3;/h6-9,11H,10,12H2,1-5H3,(H,20,24);3-6,8H,7H2,1-2H3,(H,18,19);4,6H2,1-3H3;1H4. The Morgan fingerprint density at radius 1 is 0.759 bits per heavy atom. The van der Waals surface area contributed by atoms with E-state index in [0.717, 1.165) is 23.5 Å². The van der Waals surface area contributed by atoms with Crippen molar-refractivity contribution in [3.05, 3.63) is 106 Å². The molecule has 4 rings (SSSR count). The molecule has 0 aliphatic carbocycles. The van der Waals surface area contributed by atoms with E-state index in [4.69, 9.17) is 10.8 Å². The van der Waals surface area contributed by atoms with Crippen LogP contribution in [-0.4, -0.2) is 82.7 Å². The zero-order chi connectivity index (χ0) is 39.9. The summed E-state index contributed by atoms with van der Waals surface area (Å²) in [5.41, 5.74) is 10.1. The van der Waals surface area contributed by atoms with E-state index in [1.54, 1.807) is 74.5 Å². The van der Waals surface area contributed by atoms with Crippen molar-refractivity contribution in [3.8, 4) is 0 Å². The van der Waals surface area contributed by atoms with Gasteiger partial charge < -0.3 is 25.3 Å². The number of pyridine rings is 2. The smallest absolute Gasteiger partial charge is 0.352 e. The Kier molecular flexibility index (Phi) is 20.5. The topological polar surface area (TPSA) is 162 Å². The molecule has 0 unspecified atom stereocenters. The van der Waals surface area contributed by atoms with Crippen molar-refractivity contribution in [1.82, 2.24) is 24.4 Å². The largest absolute Gasteiger partial charge is 0.477 e. The Labute approximate surface area is 336 Å². The van der Waals surface area contributed by atoms with Crippen molar-refractivity contribution >= 4 is 66.6 Å². The molecule has 4 aromatic heterocycles. The maximum Gasteiger partial charge on any atom is 0.352 e. The zero-order valence-corrected chi connectivity index (χ0v) is 35.4. The lowest BCUT2D eigenvalue weighted by atomic mass is 10.1. The van der Waals surface area contributed by atoms with Gasteiger partial charge in [-0.15, -0.1) is 0 Å². The van der Waals surface area contributed by atoms with Crippen LogP contribution in [0.1, 0.15) is 99.6 Å². The van der Waals surface area contributed by atoms with E-state index in [1.165, 1.54) is 10.6 Å². The molecular formula is C39H56N6O5S4. The number of carboxylic acids is 1. The monoisotopic (exact) mass is 816 g/mol. The lowest BCUT2D eigenvalue weighted by Crippen LogP contribution is -2.36. The number of rotatable bonds is 15. The number of carbonyl (C=O) groups excluding carboxylic acids is 3. The van der Waals surface area contributed by atoms with Crippen molar-refractivity contribution in [2.24, 2.45) is 19.8 Å². The molecule has 4 N–H and O–H groups in total. The summed E-state index contributed by atoms with van der Waals surface area (Å²) < 4.78 is 3.46. The highest BCUT2D eigenvalue weighted by Gasteiger charge is 2.22. The second-order valence-corrected chi connectivity index (χ2v) is 19.6. The Balaban J connectivity index is 0.000000456. The molecule has 0 fully saturated rings. The number of carbonyl (C=O) groups is 4. The first-order valence-corrected chi connectivity index (χ1v) is 21.8. The summed E-state index contributed by atoms with van der Waals surface area (Å²) >= 11 is 0. The van der Waals surface area contributed by atoms with Gasteiger partial charge in [-0.05, 0) is 102 Å². The molecule has 296 valence electrons. The number of ketones is 2. The molecular weight excluding hydrogens is 761 g/mol. The van der Waals surface area contributed by atoms with E-state index in [0.29, 0.717) is 29.2 Å². The van der Waals surface area contributed by atoms with Crippen molar-refractivity contribution in [2.45, 2.75) is 71.3 Å². The first-order valence-electron chi connectivity index (χ1n) is 16.7. The fraction of sp³-hybridized carbons (Fsp3) is 0.436. The van der Waals surface area contributed by atoms with Gasteiger partial charge in [0.1, 0.15) is 22.8 Å². The average Bonchev–Trinajstić information content (AvgIpc) is 3.65.